The average molecular weight is 372 g/mol. The van der Waals surface area contributed by atoms with Crippen LogP contribution in [0, 0.1) is 5.41 Å². The fourth-order valence-electron chi connectivity index (χ4n) is 3.25. The zero-order chi connectivity index (χ0) is 19.0. The zero-order valence-corrected chi connectivity index (χ0v) is 15.8. The molecule has 3 rings (SSSR count). The Morgan fingerprint density at radius 1 is 1.33 bits per heavy atom. The van der Waals surface area contributed by atoms with E-state index in [1.165, 1.54) is 0 Å². The molecule has 1 unspecified atom stereocenters. The molecule has 0 bridgehead atoms. The van der Waals surface area contributed by atoms with Crippen LogP contribution in [0.5, 0.6) is 0 Å². The number of aliphatic imine (C=N–C) groups is 1. The molecule has 2 aromatic rings. The van der Waals surface area contributed by atoms with E-state index in [0.717, 1.165) is 43.5 Å². The third-order valence-electron chi connectivity index (χ3n) is 4.83. The lowest BCUT2D eigenvalue weighted by Gasteiger charge is -2.27. The Bertz CT molecular complexity index is 725. The average Bonchev–Trinajstić information content (AvgIpc) is 3.35. The molecule has 0 amide bonds. The summed E-state index contributed by atoms with van der Waals surface area (Å²) in [5.41, 5.74) is 0.977. The number of benzene rings is 1. The van der Waals surface area contributed by atoms with Crippen LogP contribution in [0.3, 0.4) is 0 Å². The van der Waals surface area contributed by atoms with Crippen LogP contribution in [-0.2, 0) is 11.3 Å². The number of nitrogens with zero attached hydrogens (tertiary/aromatic N) is 4. The van der Waals surface area contributed by atoms with E-state index in [2.05, 4.69) is 25.8 Å². The van der Waals surface area contributed by atoms with E-state index in [1.807, 2.05) is 41.8 Å². The number of para-hydroxylation sites is 1. The summed E-state index contributed by atoms with van der Waals surface area (Å²) in [6.07, 6.45) is 3.37. The highest BCUT2D eigenvalue weighted by atomic mass is 16.5. The van der Waals surface area contributed by atoms with E-state index < -0.39 is 0 Å². The number of aliphatic hydroxyl groups is 1. The van der Waals surface area contributed by atoms with Crippen LogP contribution in [0.25, 0.3) is 5.69 Å². The number of nitrogens with one attached hydrogen (secondary N) is 2. The van der Waals surface area contributed by atoms with E-state index in [9.17, 15) is 5.11 Å². The van der Waals surface area contributed by atoms with Gasteiger partial charge in [-0.3, -0.25) is 4.57 Å². The minimum atomic E-state index is -0.0327. The van der Waals surface area contributed by atoms with E-state index in [4.69, 9.17) is 4.74 Å². The van der Waals surface area contributed by atoms with Gasteiger partial charge in [0.15, 0.2) is 11.8 Å². The monoisotopic (exact) mass is 372 g/mol. The van der Waals surface area contributed by atoms with Crippen molar-refractivity contribution in [1.29, 1.82) is 0 Å². The predicted molar refractivity (Wildman–Crippen MR) is 104 cm³/mol. The van der Waals surface area contributed by atoms with E-state index in [0.29, 0.717) is 19.7 Å². The molecule has 1 aliphatic rings. The molecule has 0 radical (unpaired) electrons. The van der Waals surface area contributed by atoms with Gasteiger partial charge >= 0.3 is 0 Å². The maximum atomic E-state index is 9.38. The summed E-state index contributed by atoms with van der Waals surface area (Å²) >= 11 is 0. The Morgan fingerprint density at radius 2 is 2.19 bits per heavy atom. The van der Waals surface area contributed by atoms with Crippen LogP contribution in [0.1, 0.15) is 25.6 Å². The fraction of sp³-hybridized carbons (Fsp3) is 0.526. The Balaban J connectivity index is 1.67. The van der Waals surface area contributed by atoms with Crippen molar-refractivity contribution in [3.63, 3.8) is 0 Å². The Morgan fingerprint density at radius 3 is 2.89 bits per heavy atom. The molecule has 1 saturated heterocycles. The van der Waals surface area contributed by atoms with Gasteiger partial charge in [-0.15, -0.1) is 10.2 Å². The molecule has 8 heteroatoms. The molecule has 0 aliphatic carbocycles. The summed E-state index contributed by atoms with van der Waals surface area (Å²) < 4.78 is 7.49. The number of aromatic nitrogens is 3. The summed E-state index contributed by atoms with van der Waals surface area (Å²) in [6, 6.07) is 9.97. The molecule has 27 heavy (non-hydrogen) atoms. The highest BCUT2D eigenvalue weighted by Gasteiger charge is 2.34. The van der Waals surface area contributed by atoms with Gasteiger partial charge in [0.2, 0.25) is 0 Å². The molecular formula is C19H28N6O2. The number of hydrogen-bond acceptors (Lipinski definition) is 5. The minimum Gasteiger partial charge on any atom is -0.396 e. The lowest BCUT2D eigenvalue weighted by Crippen LogP contribution is -2.44. The first-order valence-electron chi connectivity index (χ1n) is 9.41. The number of aliphatic hydroxyl groups excluding tert-OH is 1. The largest absolute Gasteiger partial charge is 0.396 e. The van der Waals surface area contributed by atoms with Crippen LogP contribution in [0.2, 0.25) is 0 Å². The highest BCUT2D eigenvalue weighted by molar-refractivity contribution is 5.79. The molecule has 146 valence electrons. The van der Waals surface area contributed by atoms with Crippen LogP contribution in [0.4, 0.5) is 0 Å². The van der Waals surface area contributed by atoms with Gasteiger partial charge in [0, 0.05) is 37.4 Å². The van der Waals surface area contributed by atoms with E-state index in [-0.39, 0.29) is 12.0 Å². The Hall–Kier alpha value is -2.45. The summed E-state index contributed by atoms with van der Waals surface area (Å²) in [7, 11) is 0. The van der Waals surface area contributed by atoms with Crippen molar-refractivity contribution in [1.82, 2.24) is 25.4 Å². The molecule has 0 spiro atoms. The maximum absolute atomic E-state index is 9.38. The minimum absolute atomic E-state index is 0.0327. The Labute approximate surface area is 159 Å². The molecule has 1 aromatic carbocycles. The topological polar surface area (TPSA) is 96.6 Å². The van der Waals surface area contributed by atoms with E-state index >= 15 is 0 Å². The first kappa shape index (κ1) is 19.3. The molecule has 1 aromatic heterocycles. The van der Waals surface area contributed by atoms with E-state index in [1.54, 1.807) is 6.33 Å². The molecule has 1 atom stereocenters. The third kappa shape index (κ3) is 5.05. The first-order valence-corrected chi connectivity index (χ1v) is 9.41. The van der Waals surface area contributed by atoms with Crippen molar-refractivity contribution < 1.29 is 9.84 Å². The van der Waals surface area contributed by atoms with Crippen molar-refractivity contribution in [3.05, 3.63) is 42.5 Å². The number of ether oxygens (including phenoxy) is 1. The second-order valence-corrected chi connectivity index (χ2v) is 6.78. The lowest BCUT2D eigenvalue weighted by atomic mass is 9.84. The van der Waals surface area contributed by atoms with Gasteiger partial charge in [0.1, 0.15) is 12.9 Å². The summed E-state index contributed by atoms with van der Waals surface area (Å²) in [4.78, 5) is 4.66. The normalized spacial score (nSPS) is 20.0. The van der Waals surface area contributed by atoms with Gasteiger partial charge in [-0.2, -0.15) is 0 Å². The smallest absolute Gasteiger partial charge is 0.191 e. The number of rotatable bonds is 8. The maximum Gasteiger partial charge on any atom is 0.191 e. The quantitative estimate of drug-likeness (QED) is 0.475. The van der Waals surface area contributed by atoms with Crippen molar-refractivity contribution in [2.24, 2.45) is 10.4 Å². The van der Waals surface area contributed by atoms with Gasteiger partial charge in [-0.1, -0.05) is 18.2 Å². The van der Waals surface area contributed by atoms with Crippen molar-refractivity contribution >= 4 is 5.96 Å². The van der Waals surface area contributed by atoms with Gasteiger partial charge in [-0.05, 0) is 31.9 Å². The highest BCUT2D eigenvalue weighted by Crippen LogP contribution is 2.31. The molecular weight excluding hydrogens is 344 g/mol. The van der Waals surface area contributed by atoms with Crippen molar-refractivity contribution in [2.75, 3.05) is 32.9 Å². The molecule has 2 heterocycles. The van der Waals surface area contributed by atoms with Gasteiger partial charge in [0.25, 0.3) is 0 Å². The SMILES string of the molecule is CCNC(=NCc1nncn1-c1ccccc1)NCC1(CCO)CCOC1. The summed E-state index contributed by atoms with van der Waals surface area (Å²) in [5.74, 6) is 1.50. The zero-order valence-electron chi connectivity index (χ0n) is 15.8. The fourth-order valence-corrected chi connectivity index (χ4v) is 3.25. The molecule has 1 aliphatic heterocycles. The van der Waals surface area contributed by atoms with Gasteiger partial charge in [-0.25, -0.2) is 4.99 Å². The standard InChI is InChI=1S/C19H28N6O2/c1-2-20-18(22-13-19(8-10-26)9-11-27-14-19)21-12-17-24-23-15-25(17)16-6-4-3-5-7-16/h3-7,15,26H,2,8-14H2,1H3,(H2,20,21,22). The van der Waals surface area contributed by atoms with Crippen molar-refractivity contribution in [2.45, 2.75) is 26.3 Å². The van der Waals surface area contributed by atoms with Crippen LogP contribution >= 0.6 is 0 Å². The lowest BCUT2D eigenvalue weighted by molar-refractivity contribution is 0.127. The second-order valence-electron chi connectivity index (χ2n) is 6.78. The van der Waals surface area contributed by atoms with Crippen LogP contribution < -0.4 is 10.6 Å². The van der Waals surface area contributed by atoms with Gasteiger partial charge < -0.3 is 20.5 Å². The molecule has 8 nitrogen and oxygen atoms in total. The molecule has 0 saturated carbocycles. The first-order chi connectivity index (χ1) is 13.3. The third-order valence-corrected chi connectivity index (χ3v) is 4.83. The summed E-state index contributed by atoms with van der Waals surface area (Å²) in [5, 5.41) is 24.3. The van der Waals surface area contributed by atoms with Crippen LogP contribution in [-0.4, -0.2) is 58.7 Å². The predicted octanol–water partition coefficient (Wildman–Crippen LogP) is 1.11. The van der Waals surface area contributed by atoms with Crippen molar-refractivity contribution in [3.8, 4) is 5.69 Å². The van der Waals surface area contributed by atoms with Gasteiger partial charge in [0.05, 0.1) is 6.61 Å². The molecule has 3 N–H and O–H groups in total. The molecule has 1 fully saturated rings. The second kappa shape index (κ2) is 9.48. The Kier molecular flexibility index (Phi) is 6.78. The number of hydrogen-bond donors (Lipinski definition) is 3. The van der Waals surface area contributed by atoms with Crippen LogP contribution in [0.15, 0.2) is 41.7 Å². The summed E-state index contributed by atoms with van der Waals surface area (Å²) in [6.45, 7) is 5.50. The number of guanidine groups is 1.